The fraction of sp³-hybridized carbons (Fsp3) is 0.600. The van der Waals surface area contributed by atoms with Gasteiger partial charge in [-0.2, -0.15) is 8.78 Å². The summed E-state index contributed by atoms with van der Waals surface area (Å²) in [6.45, 7) is 1.87. The van der Waals surface area contributed by atoms with Gasteiger partial charge in [0.2, 0.25) is 0 Å². The highest BCUT2D eigenvalue weighted by molar-refractivity contribution is 5.29. The summed E-state index contributed by atoms with van der Waals surface area (Å²) >= 11 is 0. The van der Waals surface area contributed by atoms with E-state index in [0.717, 1.165) is 0 Å². The van der Waals surface area contributed by atoms with Gasteiger partial charge in [-0.3, -0.25) is 0 Å². The summed E-state index contributed by atoms with van der Waals surface area (Å²) in [4.78, 5) is 0. The van der Waals surface area contributed by atoms with Crippen molar-refractivity contribution in [2.45, 2.75) is 52.1 Å². The van der Waals surface area contributed by atoms with Gasteiger partial charge < -0.3 is 4.74 Å². The third kappa shape index (κ3) is 3.44. The molecule has 0 aromatic heterocycles. The molecule has 1 aliphatic carbocycles. The van der Waals surface area contributed by atoms with Gasteiger partial charge in [-0.25, -0.2) is 0 Å². The molecule has 1 aromatic rings. The van der Waals surface area contributed by atoms with E-state index < -0.39 is 6.61 Å². The van der Waals surface area contributed by atoms with Crippen molar-refractivity contribution in [2.75, 3.05) is 0 Å². The van der Waals surface area contributed by atoms with Crippen molar-refractivity contribution >= 4 is 0 Å². The van der Waals surface area contributed by atoms with Gasteiger partial charge in [0.1, 0.15) is 5.75 Å². The van der Waals surface area contributed by atoms with Crippen LogP contribution in [0.25, 0.3) is 0 Å². The minimum atomic E-state index is -2.74. The highest BCUT2D eigenvalue weighted by atomic mass is 19.3. The molecule has 1 saturated carbocycles. The van der Waals surface area contributed by atoms with Gasteiger partial charge in [-0.15, -0.1) is 0 Å². The fourth-order valence-electron chi connectivity index (χ4n) is 2.65. The first-order chi connectivity index (χ1) is 8.46. The SMILES string of the molecule is CC1(C)CCC(c2ccc(OC(F)F)cc2)CC1. The van der Waals surface area contributed by atoms with E-state index in [4.69, 9.17) is 0 Å². The minimum Gasteiger partial charge on any atom is -0.435 e. The van der Waals surface area contributed by atoms with Crippen LogP contribution in [-0.2, 0) is 0 Å². The van der Waals surface area contributed by atoms with Crippen LogP contribution in [0.1, 0.15) is 51.0 Å². The zero-order chi connectivity index (χ0) is 13.2. The van der Waals surface area contributed by atoms with Crippen molar-refractivity contribution in [3.8, 4) is 5.75 Å². The lowest BCUT2D eigenvalue weighted by atomic mass is 9.71. The van der Waals surface area contributed by atoms with E-state index in [2.05, 4.69) is 18.6 Å². The zero-order valence-electron chi connectivity index (χ0n) is 11.0. The predicted octanol–water partition coefficient (Wildman–Crippen LogP) is 4.97. The highest BCUT2D eigenvalue weighted by Gasteiger charge is 2.27. The molecule has 0 heterocycles. The Morgan fingerprint density at radius 2 is 1.67 bits per heavy atom. The monoisotopic (exact) mass is 254 g/mol. The Morgan fingerprint density at radius 3 is 2.17 bits per heavy atom. The summed E-state index contributed by atoms with van der Waals surface area (Å²) in [5.41, 5.74) is 1.70. The molecule has 0 saturated heterocycles. The molecular formula is C15H20F2O. The van der Waals surface area contributed by atoms with Gasteiger partial charge >= 0.3 is 6.61 Å². The van der Waals surface area contributed by atoms with Crippen LogP contribution in [0, 0.1) is 5.41 Å². The summed E-state index contributed by atoms with van der Waals surface area (Å²) in [6, 6.07) is 7.11. The average molecular weight is 254 g/mol. The van der Waals surface area contributed by atoms with E-state index in [0.29, 0.717) is 11.3 Å². The van der Waals surface area contributed by atoms with Crippen LogP contribution >= 0.6 is 0 Å². The van der Waals surface area contributed by atoms with Gasteiger partial charge in [-0.1, -0.05) is 26.0 Å². The maximum atomic E-state index is 12.0. The van der Waals surface area contributed by atoms with Crippen LogP contribution in [0.2, 0.25) is 0 Å². The Balaban J connectivity index is 1.98. The second-order valence-electron chi connectivity index (χ2n) is 5.89. The van der Waals surface area contributed by atoms with E-state index in [-0.39, 0.29) is 5.75 Å². The van der Waals surface area contributed by atoms with E-state index >= 15 is 0 Å². The lowest BCUT2D eigenvalue weighted by Gasteiger charge is -2.34. The van der Waals surface area contributed by atoms with Crippen LogP contribution < -0.4 is 4.74 Å². The Bertz CT molecular complexity index is 374. The van der Waals surface area contributed by atoms with Crippen molar-refractivity contribution in [1.29, 1.82) is 0 Å². The van der Waals surface area contributed by atoms with Crippen LogP contribution in [0.15, 0.2) is 24.3 Å². The van der Waals surface area contributed by atoms with Gasteiger partial charge in [0.25, 0.3) is 0 Å². The first kappa shape index (κ1) is 13.3. The molecule has 1 aromatic carbocycles. The molecule has 1 fully saturated rings. The molecule has 0 N–H and O–H groups in total. The average Bonchev–Trinajstić information content (AvgIpc) is 2.30. The number of hydrogen-bond donors (Lipinski definition) is 0. The first-order valence-corrected chi connectivity index (χ1v) is 6.51. The van der Waals surface area contributed by atoms with Crippen LogP contribution in [-0.4, -0.2) is 6.61 Å². The molecule has 0 spiro atoms. The van der Waals surface area contributed by atoms with Crippen molar-refractivity contribution in [3.05, 3.63) is 29.8 Å². The van der Waals surface area contributed by atoms with Crippen molar-refractivity contribution < 1.29 is 13.5 Å². The predicted molar refractivity (Wildman–Crippen MR) is 68.1 cm³/mol. The number of rotatable bonds is 3. The van der Waals surface area contributed by atoms with E-state index in [1.54, 1.807) is 12.1 Å². The number of benzene rings is 1. The second kappa shape index (κ2) is 5.25. The quantitative estimate of drug-likeness (QED) is 0.739. The van der Waals surface area contributed by atoms with Crippen molar-refractivity contribution in [3.63, 3.8) is 0 Å². The summed E-state index contributed by atoms with van der Waals surface area (Å²) in [5.74, 6) is 0.809. The molecule has 18 heavy (non-hydrogen) atoms. The lowest BCUT2D eigenvalue weighted by Crippen LogP contribution is -2.20. The highest BCUT2D eigenvalue weighted by Crippen LogP contribution is 2.42. The third-order valence-corrected chi connectivity index (χ3v) is 3.92. The molecule has 0 radical (unpaired) electrons. The van der Waals surface area contributed by atoms with Crippen LogP contribution in [0.5, 0.6) is 5.75 Å². The van der Waals surface area contributed by atoms with Crippen LogP contribution in [0.3, 0.4) is 0 Å². The number of halogens is 2. The molecular weight excluding hydrogens is 234 g/mol. The van der Waals surface area contributed by atoms with E-state index in [1.165, 1.54) is 31.2 Å². The van der Waals surface area contributed by atoms with Gasteiger partial charge in [0, 0.05) is 0 Å². The number of alkyl halides is 2. The topological polar surface area (TPSA) is 9.23 Å². The standard InChI is InChI=1S/C15H20F2O/c1-15(2)9-7-12(8-10-15)11-3-5-13(6-4-11)18-14(16)17/h3-6,12,14H,7-10H2,1-2H3. The largest absolute Gasteiger partial charge is 0.435 e. The summed E-state index contributed by atoms with van der Waals surface area (Å²) in [6.07, 6.45) is 4.82. The molecule has 1 nitrogen and oxygen atoms in total. The van der Waals surface area contributed by atoms with E-state index in [1.807, 2.05) is 12.1 Å². The zero-order valence-corrected chi connectivity index (χ0v) is 11.0. The Kier molecular flexibility index (Phi) is 3.88. The van der Waals surface area contributed by atoms with Crippen molar-refractivity contribution in [1.82, 2.24) is 0 Å². The summed E-state index contributed by atoms with van der Waals surface area (Å²) in [7, 11) is 0. The molecule has 3 heteroatoms. The van der Waals surface area contributed by atoms with Gasteiger partial charge in [-0.05, 0) is 54.7 Å². The minimum absolute atomic E-state index is 0.241. The van der Waals surface area contributed by atoms with E-state index in [9.17, 15) is 8.78 Å². The van der Waals surface area contributed by atoms with Crippen molar-refractivity contribution in [2.24, 2.45) is 5.41 Å². The van der Waals surface area contributed by atoms with Crippen LogP contribution in [0.4, 0.5) is 8.78 Å². The Hall–Kier alpha value is -1.12. The Morgan fingerprint density at radius 1 is 1.11 bits per heavy atom. The molecule has 100 valence electrons. The fourth-order valence-corrected chi connectivity index (χ4v) is 2.65. The second-order valence-corrected chi connectivity index (χ2v) is 5.89. The summed E-state index contributed by atoms with van der Waals surface area (Å²) < 4.78 is 28.4. The molecule has 1 aliphatic rings. The summed E-state index contributed by atoms with van der Waals surface area (Å²) in [5, 5.41) is 0. The first-order valence-electron chi connectivity index (χ1n) is 6.51. The smallest absolute Gasteiger partial charge is 0.387 e. The van der Waals surface area contributed by atoms with Gasteiger partial charge in [0.15, 0.2) is 0 Å². The molecule has 0 unspecified atom stereocenters. The maximum Gasteiger partial charge on any atom is 0.387 e. The normalized spacial score (nSPS) is 20.1. The molecule has 0 atom stereocenters. The maximum absolute atomic E-state index is 12.0. The number of hydrogen-bond acceptors (Lipinski definition) is 1. The third-order valence-electron chi connectivity index (χ3n) is 3.92. The number of ether oxygens (including phenoxy) is 1. The molecule has 0 aliphatic heterocycles. The molecule has 0 amide bonds. The lowest BCUT2D eigenvalue weighted by molar-refractivity contribution is -0.0498. The van der Waals surface area contributed by atoms with Gasteiger partial charge in [0.05, 0.1) is 0 Å². The molecule has 0 bridgehead atoms. The molecule has 2 rings (SSSR count). The Labute approximate surface area is 107 Å².